The van der Waals surface area contributed by atoms with E-state index in [0.29, 0.717) is 13.0 Å². The van der Waals surface area contributed by atoms with Crippen LogP contribution in [0.4, 0.5) is 5.69 Å². The van der Waals surface area contributed by atoms with Crippen molar-refractivity contribution < 1.29 is 9.32 Å². The summed E-state index contributed by atoms with van der Waals surface area (Å²) in [6, 6.07) is 9.84. The fraction of sp³-hybridized carbons (Fsp3) is 0.476. The van der Waals surface area contributed by atoms with Gasteiger partial charge in [0.25, 0.3) is 0 Å². The van der Waals surface area contributed by atoms with E-state index in [1.165, 1.54) is 0 Å². The lowest BCUT2D eigenvalue weighted by Gasteiger charge is -2.36. The summed E-state index contributed by atoms with van der Waals surface area (Å²) >= 11 is 0. The highest BCUT2D eigenvalue weighted by Crippen LogP contribution is 2.11. The summed E-state index contributed by atoms with van der Waals surface area (Å²) in [5.74, 6) is 0.966. The molecular weight excluding hydrogens is 368 g/mol. The largest absolute Gasteiger partial charge is 0.364 e. The van der Waals surface area contributed by atoms with E-state index in [1.54, 1.807) is 6.26 Å². The number of benzene rings is 1. The van der Waals surface area contributed by atoms with Crippen LogP contribution < -0.4 is 10.6 Å². The predicted molar refractivity (Wildman–Crippen MR) is 114 cm³/mol. The summed E-state index contributed by atoms with van der Waals surface area (Å²) in [5, 5.41) is 10.3. The van der Waals surface area contributed by atoms with E-state index < -0.39 is 0 Å². The van der Waals surface area contributed by atoms with Gasteiger partial charge in [0.05, 0.1) is 5.69 Å². The van der Waals surface area contributed by atoms with Crippen LogP contribution in [-0.2, 0) is 17.9 Å². The number of guanidine groups is 1. The second-order valence-corrected chi connectivity index (χ2v) is 7.15. The molecule has 1 saturated heterocycles. The number of rotatable bonds is 7. The number of carbonyl (C=O) groups is 1. The van der Waals surface area contributed by atoms with Gasteiger partial charge in [0.2, 0.25) is 5.91 Å². The first kappa shape index (κ1) is 20.9. The first-order valence-corrected chi connectivity index (χ1v) is 10.1. The van der Waals surface area contributed by atoms with Crippen LogP contribution in [0.1, 0.15) is 31.0 Å². The first-order valence-electron chi connectivity index (χ1n) is 10.1. The Balaban J connectivity index is 1.44. The third-order valence-electron chi connectivity index (χ3n) is 4.93. The maximum Gasteiger partial charge on any atom is 0.224 e. The van der Waals surface area contributed by atoms with Gasteiger partial charge in [0.1, 0.15) is 6.26 Å². The molecule has 156 valence electrons. The highest BCUT2D eigenvalue weighted by atomic mass is 16.5. The lowest BCUT2D eigenvalue weighted by Crippen LogP contribution is -2.52. The van der Waals surface area contributed by atoms with Crippen LogP contribution >= 0.6 is 0 Å². The van der Waals surface area contributed by atoms with Crippen LogP contribution in [0.3, 0.4) is 0 Å². The standard InChI is InChI=1S/C21H30N6O2/c1-3-4-20(28)24-18-7-5-17(6-8-18)15-23-21(22-2)27-12-10-26(11-13-27)16-19-9-14-29-25-19/h5-9,14H,3-4,10-13,15-16H2,1-2H3,(H,22,23)(H,24,28). The molecule has 1 aliphatic heterocycles. The molecule has 1 amide bonds. The van der Waals surface area contributed by atoms with Crippen molar-refractivity contribution in [2.24, 2.45) is 4.99 Å². The Morgan fingerprint density at radius 1 is 1.17 bits per heavy atom. The molecule has 2 aromatic rings. The predicted octanol–water partition coefficient (Wildman–Crippen LogP) is 2.31. The highest BCUT2D eigenvalue weighted by Gasteiger charge is 2.20. The minimum absolute atomic E-state index is 0.0569. The second kappa shape index (κ2) is 10.6. The quantitative estimate of drug-likeness (QED) is 0.550. The van der Waals surface area contributed by atoms with Gasteiger partial charge in [-0.1, -0.05) is 24.2 Å². The molecule has 0 spiro atoms. The Kier molecular flexibility index (Phi) is 7.63. The van der Waals surface area contributed by atoms with Gasteiger partial charge in [-0.3, -0.25) is 14.7 Å². The van der Waals surface area contributed by atoms with Crippen LogP contribution in [0.5, 0.6) is 0 Å². The summed E-state index contributed by atoms with van der Waals surface area (Å²) in [6.45, 7) is 7.25. The van der Waals surface area contributed by atoms with Gasteiger partial charge >= 0.3 is 0 Å². The molecule has 0 saturated carbocycles. The molecule has 1 aromatic heterocycles. The van der Waals surface area contributed by atoms with Crippen molar-refractivity contribution in [3.8, 4) is 0 Å². The van der Waals surface area contributed by atoms with Crippen LogP contribution in [0.15, 0.2) is 46.1 Å². The number of nitrogens with zero attached hydrogens (tertiary/aromatic N) is 4. The van der Waals surface area contributed by atoms with Crippen molar-refractivity contribution in [1.82, 2.24) is 20.3 Å². The Morgan fingerprint density at radius 3 is 2.55 bits per heavy atom. The summed E-state index contributed by atoms with van der Waals surface area (Å²) in [7, 11) is 1.82. The normalized spacial score (nSPS) is 15.4. The zero-order valence-corrected chi connectivity index (χ0v) is 17.2. The van der Waals surface area contributed by atoms with Gasteiger partial charge in [-0.2, -0.15) is 0 Å². The molecule has 0 atom stereocenters. The molecule has 2 N–H and O–H groups in total. The molecule has 8 heteroatoms. The maximum absolute atomic E-state index is 11.7. The Hall–Kier alpha value is -2.87. The summed E-state index contributed by atoms with van der Waals surface area (Å²) < 4.78 is 4.91. The molecule has 1 aliphatic rings. The van der Waals surface area contributed by atoms with Gasteiger partial charge in [-0.25, -0.2) is 0 Å². The molecule has 2 heterocycles. The number of hydrogen-bond donors (Lipinski definition) is 2. The van der Waals surface area contributed by atoms with Gasteiger partial charge < -0.3 is 20.1 Å². The minimum Gasteiger partial charge on any atom is -0.364 e. The van der Waals surface area contributed by atoms with Crippen molar-refractivity contribution in [3.05, 3.63) is 47.9 Å². The third-order valence-corrected chi connectivity index (χ3v) is 4.93. The highest BCUT2D eigenvalue weighted by molar-refractivity contribution is 5.90. The van der Waals surface area contributed by atoms with E-state index in [4.69, 9.17) is 4.52 Å². The first-order chi connectivity index (χ1) is 14.2. The fourth-order valence-corrected chi connectivity index (χ4v) is 3.34. The molecule has 3 rings (SSSR count). The van der Waals surface area contributed by atoms with Gasteiger partial charge in [0.15, 0.2) is 5.96 Å². The average Bonchev–Trinajstić information content (AvgIpc) is 3.24. The van der Waals surface area contributed by atoms with E-state index in [-0.39, 0.29) is 5.91 Å². The van der Waals surface area contributed by atoms with Crippen LogP contribution in [-0.4, -0.2) is 60.0 Å². The fourth-order valence-electron chi connectivity index (χ4n) is 3.34. The number of carbonyl (C=O) groups excluding carboxylic acids is 1. The van der Waals surface area contributed by atoms with Crippen LogP contribution in [0.2, 0.25) is 0 Å². The molecule has 1 fully saturated rings. The number of hydrogen-bond acceptors (Lipinski definition) is 5. The monoisotopic (exact) mass is 398 g/mol. The molecule has 8 nitrogen and oxygen atoms in total. The smallest absolute Gasteiger partial charge is 0.224 e. The Bertz CT molecular complexity index is 780. The van der Waals surface area contributed by atoms with E-state index in [9.17, 15) is 4.79 Å². The van der Waals surface area contributed by atoms with E-state index >= 15 is 0 Å². The van der Waals surface area contributed by atoms with Crippen LogP contribution in [0, 0.1) is 0 Å². The van der Waals surface area contributed by atoms with Crippen molar-refractivity contribution >= 4 is 17.6 Å². The number of nitrogens with one attached hydrogen (secondary N) is 2. The zero-order valence-electron chi connectivity index (χ0n) is 17.2. The van der Waals surface area contributed by atoms with E-state index in [0.717, 1.165) is 62.0 Å². The molecule has 0 bridgehead atoms. The minimum atomic E-state index is 0.0569. The molecule has 0 radical (unpaired) electrons. The lowest BCUT2D eigenvalue weighted by molar-refractivity contribution is -0.116. The summed E-state index contributed by atoms with van der Waals surface area (Å²) in [4.78, 5) is 20.8. The average molecular weight is 399 g/mol. The number of aliphatic imine (C=N–C) groups is 1. The number of aromatic nitrogens is 1. The van der Waals surface area contributed by atoms with E-state index in [2.05, 4.69) is 30.6 Å². The number of amides is 1. The number of piperazine rings is 1. The van der Waals surface area contributed by atoms with Crippen molar-refractivity contribution in [1.29, 1.82) is 0 Å². The van der Waals surface area contributed by atoms with Crippen LogP contribution in [0.25, 0.3) is 0 Å². The van der Waals surface area contributed by atoms with Crippen molar-refractivity contribution in [3.63, 3.8) is 0 Å². The second-order valence-electron chi connectivity index (χ2n) is 7.15. The van der Waals surface area contributed by atoms with Crippen molar-refractivity contribution in [2.75, 3.05) is 38.5 Å². The SMILES string of the molecule is CCCC(=O)Nc1ccc(CNC(=NC)N2CCN(Cc3ccon3)CC2)cc1. The lowest BCUT2D eigenvalue weighted by atomic mass is 10.2. The Morgan fingerprint density at radius 2 is 1.93 bits per heavy atom. The Labute approximate surface area is 172 Å². The number of anilines is 1. The molecule has 1 aromatic carbocycles. The molecular formula is C21H30N6O2. The maximum atomic E-state index is 11.7. The van der Waals surface area contributed by atoms with Gasteiger partial charge in [-0.15, -0.1) is 0 Å². The zero-order chi connectivity index (χ0) is 20.5. The third kappa shape index (κ3) is 6.32. The van der Waals surface area contributed by atoms with Gasteiger partial charge in [-0.05, 0) is 24.1 Å². The van der Waals surface area contributed by atoms with E-state index in [1.807, 2.05) is 44.3 Å². The summed E-state index contributed by atoms with van der Waals surface area (Å²) in [6.07, 6.45) is 3.01. The topological polar surface area (TPSA) is 86.0 Å². The summed E-state index contributed by atoms with van der Waals surface area (Å²) in [5.41, 5.74) is 2.94. The molecule has 0 unspecified atom stereocenters. The molecule has 0 aliphatic carbocycles. The van der Waals surface area contributed by atoms with Crippen molar-refractivity contribution in [2.45, 2.75) is 32.9 Å². The van der Waals surface area contributed by atoms with Gasteiger partial charge in [0, 0.05) is 64.5 Å². The molecule has 29 heavy (non-hydrogen) atoms.